The lowest BCUT2D eigenvalue weighted by Crippen LogP contribution is -2.13. The molecule has 0 fully saturated rings. The zero-order valence-corrected chi connectivity index (χ0v) is 9.25. The van der Waals surface area contributed by atoms with Crippen LogP contribution in [0.25, 0.3) is 0 Å². The van der Waals surface area contributed by atoms with Crippen molar-refractivity contribution < 1.29 is 18.3 Å². The molecule has 96 valence electrons. The highest BCUT2D eigenvalue weighted by Crippen LogP contribution is 2.30. The molecule has 4 N–H and O–H groups in total. The molecule has 0 bridgehead atoms. The van der Waals surface area contributed by atoms with E-state index < -0.39 is 18.0 Å². The second-order valence-electron chi connectivity index (χ2n) is 3.72. The predicted octanol–water partition coefficient (Wildman–Crippen LogP) is 1.87. The van der Waals surface area contributed by atoms with Gasteiger partial charge in [-0.1, -0.05) is 0 Å². The molecular weight excluding hydrogens is 235 g/mol. The smallest absolute Gasteiger partial charge is 0.396 e. The van der Waals surface area contributed by atoms with Crippen molar-refractivity contribution in [2.75, 3.05) is 17.6 Å². The van der Waals surface area contributed by atoms with Gasteiger partial charge in [0.2, 0.25) is 0 Å². The highest BCUT2D eigenvalue weighted by Gasteiger charge is 2.32. The van der Waals surface area contributed by atoms with E-state index in [0.29, 0.717) is 13.0 Å². The van der Waals surface area contributed by atoms with Crippen molar-refractivity contribution in [1.82, 2.24) is 4.98 Å². The van der Waals surface area contributed by atoms with E-state index in [4.69, 9.17) is 10.8 Å². The standard InChI is InChI=1S/C10H14F3N3O/c1-6(17)2-3-15-8-4-9(10(11,12)13)16-5-7(8)14/h4-6,17H,2-3,14H2,1H3,(H,15,16). The summed E-state index contributed by atoms with van der Waals surface area (Å²) in [6.07, 6.45) is -3.63. The third-order valence-electron chi connectivity index (χ3n) is 2.10. The van der Waals surface area contributed by atoms with E-state index in [-0.39, 0.29) is 11.4 Å². The third kappa shape index (κ3) is 4.10. The summed E-state index contributed by atoms with van der Waals surface area (Å²) in [6.45, 7) is 1.93. The van der Waals surface area contributed by atoms with Crippen molar-refractivity contribution in [1.29, 1.82) is 0 Å². The molecule has 7 heteroatoms. The van der Waals surface area contributed by atoms with Crippen molar-refractivity contribution in [2.45, 2.75) is 25.6 Å². The van der Waals surface area contributed by atoms with Crippen LogP contribution in [0.4, 0.5) is 24.5 Å². The number of aliphatic hydroxyl groups excluding tert-OH is 1. The number of nitrogens with two attached hydrogens (primary N) is 1. The molecule has 17 heavy (non-hydrogen) atoms. The molecule has 1 aromatic rings. The van der Waals surface area contributed by atoms with Crippen LogP contribution in [0.3, 0.4) is 0 Å². The van der Waals surface area contributed by atoms with Gasteiger partial charge in [0.15, 0.2) is 0 Å². The Balaban J connectivity index is 2.77. The largest absolute Gasteiger partial charge is 0.433 e. The predicted molar refractivity (Wildman–Crippen MR) is 58.4 cm³/mol. The lowest BCUT2D eigenvalue weighted by Gasteiger charge is -2.12. The second kappa shape index (κ2) is 5.22. The molecule has 1 heterocycles. The molecule has 0 aromatic carbocycles. The van der Waals surface area contributed by atoms with E-state index in [0.717, 1.165) is 12.3 Å². The molecule has 1 atom stereocenters. The van der Waals surface area contributed by atoms with Crippen LogP contribution < -0.4 is 11.1 Å². The monoisotopic (exact) mass is 249 g/mol. The van der Waals surface area contributed by atoms with Crippen molar-refractivity contribution in [2.24, 2.45) is 0 Å². The summed E-state index contributed by atoms with van der Waals surface area (Å²) in [5.74, 6) is 0. The van der Waals surface area contributed by atoms with E-state index in [1.54, 1.807) is 6.92 Å². The first-order valence-corrected chi connectivity index (χ1v) is 5.05. The van der Waals surface area contributed by atoms with Crippen LogP contribution in [-0.2, 0) is 6.18 Å². The molecule has 0 saturated carbocycles. The van der Waals surface area contributed by atoms with E-state index in [1.807, 2.05) is 0 Å². The van der Waals surface area contributed by atoms with Gasteiger partial charge in [-0.3, -0.25) is 0 Å². The number of nitrogen functional groups attached to an aromatic ring is 1. The van der Waals surface area contributed by atoms with Crippen molar-refractivity contribution in [3.63, 3.8) is 0 Å². The van der Waals surface area contributed by atoms with Gasteiger partial charge < -0.3 is 16.2 Å². The molecule has 0 amide bonds. The zero-order chi connectivity index (χ0) is 13.1. The highest BCUT2D eigenvalue weighted by atomic mass is 19.4. The fourth-order valence-electron chi connectivity index (χ4n) is 1.19. The Morgan fingerprint density at radius 1 is 1.53 bits per heavy atom. The van der Waals surface area contributed by atoms with Crippen molar-refractivity contribution >= 4 is 11.4 Å². The van der Waals surface area contributed by atoms with Crippen molar-refractivity contribution in [3.8, 4) is 0 Å². The summed E-state index contributed by atoms with van der Waals surface area (Å²) in [4.78, 5) is 3.21. The Hall–Kier alpha value is -1.50. The maximum absolute atomic E-state index is 12.4. The Morgan fingerprint density at radius 2 is 2.18 bits per heavy atom. The van der Waals surface area contributed by atoms with Crippen LogP contribution in [0, 0.1) is 0 Å². The number of aromatic nitrogens is 1. The summed E-state index contributed by atoms with van der Waals surface area (Å²) in [5, 5.41) is 11.8. The maximum Gasteiger partial charge on any atom is 0.433 e. The molecular formula is C10H14F3N3O. The Bertz CT molecular complexity index is 380. The first-order chi connectivity index (χ1) is 7.80. The molecule has 0 saturated heterocycles. The number of pyridine rings is 1. The summed E-state index contributed by atoms with van der Waals surface area (Å²) in [6, 6.07) is 0.859. The first-order valence-electron chi connectivity index (χ1n) is 5.05. The van der Waals surface area contributed by atoms with Gasteiger partial charge in [-0.15, -0.1) is 0 Å². The zero-order valence-electron chi connectivity index (χ0n) is 9.25. The van der Waals surface area contributed by atoms with Gasteiger partial charge in [0.25, 0.3) is 0 Å². The molecule has 0 aliphatic rings. The number of aliphatic hydroxyl groups is 1. The number of hydrogen-bond donors (Lipinski definition) is 3. The Labute approximate surface area is 96.7 Å². The molecule has 0 radical (unpaired) electrons. The SMILES string of the molecule is CC(O)CCNc1cc(C(F)(F)F)ncc1N. The topological polar surface area (TPSA) is 71.2 Å². The van der Waals surface area contributed by atoms with Gasteiger partial charge in [0.05, 0.1) is 23.7 Å². The number of alkyl halides is 3. The number of halogens is 3. The average Bonchev–Trinajstić information content (AvgIpc) is 2.18. The van der Waals surface area contributed by atoms with E-state index in [2.05, 4.69) is 10.3 Å². The van der Waals surface area contributed by atoms with E-state index in [1.165, 1.54) is 0 Å². The lowest BCUT2D eigenvalue weighted by atomic mass is 10.2. The Kier molecular flexibility index (Phi) is 4.17. The van der Waals surface area contributed by atoms with Gasteiger partial charge in [-0.2, -0.15) is 13.2 Å². The van der Waals surface area contributed by atoms with Crippen LogP contribution >= 0.6 is 0 Å². The van der Waals surface area contributed by atoms with Gasteiger partial charge in [0, 0.05) is 6.54 Å². The molecule has 1 unspecified atom stereocenters. The summed E-state index contributed by atoms with van der Waals surface area (Å²) < 4.78 is 37.1. The van der Waals surface area contributed by atoms with Gasteiger partial charge >= 0.3 is 6.18 Å². The number of rotatable bonds is 4. The summed E-state index contributed by atoms with van der Waals surface area (Å²) >= 11 is 0. The molecule has 4 nitrogen and oxygen atoms in total. The Morgan fingerprint density at radius 3 is 2.71 bits per heavy atom. The second-order valence-corrected chi connectivity index (χ2v) is 3.72. The third-order valence-corrected chi connectivity index (χ3v) is 2.10. The number of nitrogens with zero attached hydrogens (tertiary/aromatic N) is 1. The van der Waals surface area contributed by atoms with Gasteiger partial charge in [-0.05, 0) is 19.4 Å². The van der Waals surface area contributed by atoms with Crippen LogP contribution in [0.15, 0.2) is 12.3 Å². The first kappa shape index (κ1) is 13.6. The molecule has 1 rings (SSSR count). The maximum atomic E-state index is 12.4. The van der Waals surface area contributed by atoms with Crippen molar-refractivity contribution in [3.05, 3.63) is 18.0 Å². The molecule has 0 aliphatic carbocycles. The fraction of sp³-hybridized carbons (Fsp3) is 0.500. The van der Waals surface area contributed by atoms with Crippen LogP contribution in [-0.4, -0.2) is 22.7 Å². The number of hydrogen-bond acceptors (Lipinski definition) is 4. The summed E-state index contributed by atoms with van der Waals surface area (Å²) in [5.41, 5.74) is 4.82. The quantitative estimate of drug-likeness (QED) is 0.761. The van der Waals surface area contributed by atoms with Gasteiger partial charge in [-0.25, -0.2) is 4.98 Å². The minimum atomic E-state index is -4.49. The minimum Gasteiger partial charge on any atom is -0.396 e. The average molecular weight is 249 g/mol. The molecule has 1 aromatic heterocycles. The fourth-order valence-corrected chi connectivity index (χ4v) is 1.19. The van der Waals surface area contributed by atoms with E-state index in [9.17, 15) is 13.2 Å². The number of nitrogens with one attached hydrogen (secondary N) is 1. The lowest BCUT2D eigenvalue weighted by molar-refractivity contribution is -0.141. The molecule has 0 aliphatic heterocycles. The van der Waals surface area contributed by atoms with Crippen LogP contribution in [0.5, 0.6) is 0 Å². The minimum absolute atomic E-state index is 0.142. The van der Waals surface area contributed by atoms with Crippen LogP contribution in [0.2, 0.25) is 0 Å². The normalized spacial score (nSPS) is 13.5. The highest BCUT2D eigenvalue weighted by molar-refractivity contribution is 5.65. The number of anilines is 2. The summed E-state index contributed by atoms with van der Waals surface area (Å²) in [7, 11) is 0. The van der Waals surface area contributed by atoms with E-state index >= 15 is 0 Å². The van der Waals surface area contributed by atoms with Crippen LogP contribution in [0.1, 0.15) is 19.0 Å². The molecule has 0 spiro atoms. The van der Waals surface area contributed by atoms with Gasteiger partial charge in [0.1, 0.15) is 5.69 Å².